The fourth-order valence-electron chi connectivity index (χ4n) is 2.16. The van der Waals surface area contributed by atoms with Crippen molar-refractivity contribution < 1.29 is 9.53 Å². The number of hydrogen-bond acceptors (Lipinski definition) is 5. The van der Waals surface area contributed by atoms with Crippen molar-refractivity contribution in [1.82, 2.24) is 20.7 Å². The Labute approximate surface area is 169 Å². The van der Waals surface area contributed by atoms with Gasteiger partial charge in [-0.05, 0) is 30.4 Å². The molecule has 148 valence electrons. The molecule has 0 spiro atoms. The van der Waals surface area contributed by atoms with Gasteiger partial charge in [0, 0.05) is 19.8 Å². The van der Waals surface area contributed by atoms with Gasteiger partial charge >= 0.3 is 6.03 Å². The largest absolute Gasteiger partial charge is 0.381 e. The molecule has 0 saturated heterocycles. The van der Waals surface area contributed by atoms with Crippen LogP contribution in [0.5, 0.6) is 0 Å². The normalized spacial score (nSPS) is 11.9. The van der Waals surface area contributed by atoms with E-state index in [2.05, 4.69) is 40.0 Å². The second-order valence-electron chi connectivity index (χ2n) is 5.80. The van der Waals surface area contributed by atoms with E-state index in [4.69, 9.17) is 39.5 Å². The predicted octanol–water partition coefficient (Wildman–Crippen LogP) is 4.69. The van der Waals surface area contributed by atoms with Crippen molar-refractivity contribution in [3.63, 3.8) is 0 Å². The fraction of sp³-hybridized carbons (Fsp3) is 0.688. The first-order valence-corrected chi connectivity index (χ1v) is 9.87. The maximum atomic E-state index is 11.7. The zero-order valence-electron chi connectivity index (χ0n) is 15.1. The molecule has 0 aliphatic rings. The lowest BCUT2D eigenvalue weighted by atomic mass is 10.0. The molecule has 0 aliphatic heterocycles. The number of halogens is 3. The zero-order valence-corrected chi connectivity index (χ0v) is 17.3. The lowest BCUT2D eigenvalue weighted by Gasteiger charge is -2.15. The van der Waals surface area contributed by atoms with Gasteiger partial charge in [-0.15, -0.1) is 0 Å². The van der Waals surface area contributed by atoms with Crippen LogP contribution in [-0.4, -0.2) is 35.8 Å². The van der Waals surface area contributed by atoms with Gasteiger partial charge in [-0.3, -0.25) is 10.9 Å². The van der Waals surface area contributed by atoms with Gasteiger partial charge in [-0.1, -0.05) is 56.3 Å². The maximum Gasteiger partial charge on any atom is 0.333 e. The van der Waals surface area contributed by atoms with E-state index in [-0.39, 0.29) is 21.3 Å². The van der Waals surface area contributed by atoms with Crippen LogP contribution in [0.3, 0.4) is 0 Å². The molecular weight excluding hydrogens is 401 g/mol. The quantitative estimate of drug-likeness (QED) is 0.195. The Morgan fingerprint density at radius 3 is 2.65 bits per heavy atom. The Morgan fingerprint density at radius 1 is 1.19 bits per heavy atom. The molecule has 1 heterocycles. The standard InChI is InChI=1S/C16H26Cl3N5O2/c1-3-5-7-11(4-2)10-26-9-6-8-20-16(25)24-23-14-12(17)13(18)21-15(19)22-14/h11H,3-10H2,1-2H3,(H2,20,24,25)(H,21,22,23). The summed E-state index contributed by atoms with van der Waals surface area (Å²) in [6.45, 7) is 6.25. The van der Waals surface area contributed by atoms with Crippen LogP contribution < -0.4 is 16.2 Å². The number of hydrazine groups is 1. The summed E-state index contributed by atoms with van der Waals surface area (Å²) in [7, 11) is 0. The van der Waals surface area contributed by atoms with E-state index >= 15 is 0 Å². The average Bonchev–Trinajstić information content (AvgIpc) is 2.62. The van der Waals surface area contributed by atoms with Crippen molar-refractivity contribution in [2.24, 2.45) is 5.92 Å². The van der Waals surface area contributed by atoms with Crippen LogP contribution in [0, 0.1) is 5.92 Å². The molecule has 2 amide bonds. The summed E-state index contributed by atoms with van der Waals surface area (Å²) in [5.41, 5.74) is 4.95. The van der Waals surface area contributed by atoms with E-state index in [9.17, 15) is 4.79 Å². The highest BCUT2D eigenvalue weighted by Gasteiger charge is 2.11. The molecule has 0 radical (unpaired) electrons. The summed E-state index contributed by atoms with van der Waals surface area (Å²) in [6.07, 6.45) is 5.51. The summed E-state index contributed by atoms with van der Waals surface area (Å²) in [6, 6.07) is -0.429. The van der Waals surface area contributed by atoms with Crippen LogP contribution in [0.25, 0.3) is 0 Å². The highest BCUT2D eigenvalue weighted by Crippen LogP contribution is 2.27. The van der Waals surface area contributed by atoms with Crippen LogP contribution in [0.2, 0.25) is 15.5 Å². The molecule has 7 nitrogen and oxygen atoms in total. The van der Waals surface area contributed by atoms with E-state index in [0.29, 0.717) is 19.1 Å². The summed E-state index contributed by atoms with van der Waals surface area (Å²) in [5.74, 6) is 0.736. The number of aromatic nitrogens is 2. The summed E-state index contributed by atoms with van der Waals surface area (Å²) >= 11 is 17.4. The van der Waals surface area contributed by atoms with E-state index < -0.39 is 6.03 Å². The number of ether oxygens (including phenoxy) is 1. The van der Waals surface area contributed by atoms with Gasteiger partial charge in [0.25, 0.3) is 0 Å². The Hall–Kier alpha value is -1.02. The average molecular weight is 427 g/mol. The first-order chi connectivity index (χ1) is 12.5. The van der Waals surface area contributed by atoms with Crippen LogP contribution in [0.1, 0.15) is 46.0 Å². The Bertz CT molecular complexity index is 563. The number of nitrogens with one attached hydrogen (secondary N) is 3. The van der Waals surface area contributed by atoms with Crippen molar-refractivity contribution >= 4 is 46.7 Å². The molecule has 1 atom stereocenters. The number of nitrogens with zero attached hydrogens (tertiary/aromatic N) is 2. The third-order valence-electron chi connectivity index (χ3n) is 3.73. The minimum Gasteiger partial charge on any atom is -0.381 e. The second kappa shape index (κ2) is 13.2. The van der Waals surface area contributed by atoms with Crippen molar-refractivity contribution in [2.45, 2.75) is 46.0 Å². The first kappa shape index (κ1) is 23.0. The smallest absolute Gasteiger partial charge is 0.333 e. The molecule has 0 bridgehead atoms. The maximum absolute atomic E-state index is 11.7. The summed E-state index contributed by atoms with van der Waals surface area (Å²) < 4.78 is 5.69. The van der Waals surface area contributed by atoms with E-state index in [1.807, 2.05) is 0 Å². The van der Waals surface area contributed by atoms with Crippen LogP contribution >= 0.6 is 34.8 Å². The van der Waals surface area contributed by atoms with Crippen molar-refractivity contribution in [2.75, 3.05) is 25.2 Å². The number of carbonyl (C=O) groups excluding carboxylic acids is 1. The van der Waals surface area contributed by atoms with E-state index in [0.717, 1.165) is 19.4 Å². The van der Waals surface area contributed by atoms with Gasteiger partial charge in [0.1, 0.15) is 5.02 Å². The molecule has 1 unspecified atom stereocenters. The summed E-state index contributed by atoms with van der Waals surface area (Å²) in [4.78, 5) is 19.2. The SMILES string of the molecule is CCCCC(CC)COCCCNC(=O)NNc1nc(Cl)nc(Cl)c1Cl. The van der Waals surface area contributed by atoms with Gasteiger partial charge in [-0.25, -0.2) is 9.78 Å². The number of carbonyl (C=O) groups is 1. The molecule has 0 aromatic carbocycles. The Morgan fingerprint density at radius 2 is 1.96 bits per heavy atom. The molecule has 1 aromatic rings. The lowest BCUT2D eigenvalue weighted by molar-refractivity contribution is 0.0924. The first-order valence-electron chi connectivity index (χ1n) is 8.74. The number of rotatable bonds is 12. The molecule has 1 rings (SSSR count). The second-order valence-corrected chi connectivity index (χ2v) is 6.87. The highest BCUT2D eigenvalue weighted by molar-refractivity contribution is 6.43. The van der Waals surface area contributed by atoms with Crippen LogP contribution in [0.4, 0.5) is 10.6 Å². The third-order valence-corrected chi connectivity index (χ3v) is 4.62. The number of hydrogen-bond donors (Lipinski definition) is 3. The van der Waals surface area contributed by atoms with Crippen molar-refractivity contribution in [3.8, 4) is 0 Å². The number of unbranched alkanes of at least 4 members (excludes halogenated alkanes) is 1. The minimum absolute atomic E-state index is 0.00200. The number of urea groups is 1. The van der Waals surface area contributed by atoms with Crippen molar-refractivity contribution in [3.05, 3.63) is 15.5 Å². The van der Waals surface area contributed by atoms with Crippen LogP contribution in [0.15, 0.2) is 0 Å². The fourth-order valence-corrected chi connectivity index (χ4v) is 2.67. The van der Waals surface area contributed by atoms with Gasteiger partial charge < -0.3 is 10.1 Å². The molecule has 1 aromatic heterocycles. The lowest BCUT2D eigenvalue weighted by Crippen LogP contribution is -2.40. The van der Waals surface area contributed by atoms with E-state index in [1.54, 1.807) is 0 Å². The molecule has 3 N–H and O–H groups in total. The number of anilines is 1. The third kappa shape index (κ3) is 9.07. The molecular formula is C16H26Cl3N5O2. The van der Waals surface area contributed by atoms with E-state index in [1.165, 1.54) is 19.3 Å². The highest BCUT2D eigenvalue weighted by atomic mass is 35.5. The monoisotopic (exact) mass is 425 g/mol. The topological polar surface area (TPSA) is 88.2 Å². The van der Waals surface area contributed by atoms with Crippen molar-refractivity contribution in [1.29, 1.82) is 0 Å². The van der Waals surface area contributed by atoms with Gasteiger partial charge in [0.15, 0.2) is 11.0 Å². The van der Waals surface area contributed by atoms with Gasteiger partial charge in [0.2, 0.25) is 5.28 Å². The predicted molar refractivity (Wildman–Crippen MR) is 106 cm³/mol. The Kier molecular flexibility index (Phi) is 11.7. The molecule has 26 heavy (non-hydrogen) atoms. The zero-order chi connectivity index (χ0) is 19.4. The summed E-state index contributed by atoms with van der Waals surface area (Å²) in [5, 5.41) is 2.68. The van der Waals surface area contributed by atoms with Gasteiger partial charge in [0.05, 0.1) is 0 Å². The van der Waals surface area contributed by atoms with Gasteiger partial charge in [-0.2, -0.15) is 4.98 Å². The molecule has 0 aliphatic carbocycles. The molecule has 0 fully saturated rings. The minimum atomic E-state index is -0.429. The molecule has 10 heteroatoms. The number of amides is 2. The van der Waals surface area contributed by atoms with Crippen LogP contribution in [-0.2, 0) is 4.74 Å². The molecule has 0 saturated carbocycles. The Balaban J connectivity index is 2.16.